The van der Waals surface area contributed by atoms with Crippen LogP contribution in [0.2, 0.25) is 0 Å². The summed E-state index contributed by atoms with van der Waals surface area (Å²) in [6, 6.07) is 12.6. The van der Waals surface area contributed by atoms with Gasteiger partial charge in [0.25, 0.3) is 11.8 Å². The van der Waals surface area contributed by atoms with Crippen molar-refractivity contribution in [3.05, 3.63) is 66.0 Å². The molecule has 0 spiro atoms. The van der Waals surface area contributed by atoms with Gasteiger partial charge in [-0.1, -0.05) is 10.7 Å². The summed E-state index contributed by atoms with van der Waals surface area (Å²) in [5, 5.41) is 10.7. The Labute approximate surface area is 165 Å². The predicted molar refractivity (Wildman–Crippen MR) is 112 cm³/mol. The van der Waals surface area contributed by atoms with E-state index in [9.17, 15) is 9.59 Å². The number of carbonyl (C=O) groups is 2. The van der Waals surface area contributed by atoms with Crippen LogP contribution in [0.25, 0.3) is 0 Å². The fraction of sp³-hybridized carbons (Fsp3) is 0.0500. The van der Waals surface area contributed by atoms with Crippen LogP contribution in [0.4, 0.5) is 17.1 Å². The Morgan fingerprint density at radius 2 is 2.10 bits per heavy atom. The Kier molecular flexibility index (Phi) is 3.65. The Morgan fingerprint density at radius 1 is 1.21 bits per heavy atom. The van der Waals surface area contributed by atoms with Crippen LogP contribution in [0.3, 0.4) is 0 Å². The average molecular weight is 386 g/mol. The quantitative estimate of drug-likeness (QED) is 0.699. The largest absolute Gasteiger partial charge is 0.366 e. The molecule has 3 aliphatic heterocycles. The number of hydrogen-bond acceptors (Lipinski definition) is 6. The maximum Gasteiger partial charge on any atom is 0.287 e. The van der Waals surface area contributed by atoms with Crippen molar-refractivity contribution in [3.8, 4) is 0 Å². The number of hydrogen-bond donors (Lipinski definition) is 3. The zero-order valence-electron chi connectivity index (χ0n) is 15.2. The third-order valence-corrected chi connectivity index (χ3v) is 4.89. The van der Waals surface area contributed by atoms with Crippen molar-refractivity contribution in [2.45, 2.75) is 6.42 Å². The second-order valence-electron chi connectivity index (χ2n) is 6.79. The smallest absolute Gasteiger partial charge is 0.287 e. The van der Waals surface area contributed by atoms with Gasteiger partial charge in [0.2, 0.25) is 11.8 Å². The van der Waals surface area contributed by atoms with Crippen molar-refractivity contribution < 1.29 is 9.59 Å². The molecule has 0 fully saturated rings. The van der Waals surface area contributed by atoms with Crippen LogP contribution in [-0.4, -0.2) is 29.8 Å². The number of aliphatic imine (C=N–C) groups is 2. The molecule has 0 aliphatic carbocycles. The minimum absolute atomic E-state index is 0.0204. The van der Waals surface area contributed by atoms with Gasteiger partial charge in [0.05, 0.1) is 12.6 Å². The normalized spacial score (nSPS) is 21.2. The van der Waals surface area contributed by atoms with Gasteiger partial charge >= 0.3 is 0 Å². The Morgan fingerprint density at radius 3 is 2.97 bits per heavy atom. The SMILES string of the molecule is NC(=O)c1cccc([N+]23C=CN=CC2=NC(Nc2ccc4c(c2)CC(=O)N4)=N3)c1. The molecule has 5 rings (SSSR count). The topological polar surface area (TPSA) is 121 Å². The molecular formula is C20H16N7O2+. The average Bonchev–Trinajstić information content (AvgIpc) is 3.27. The van der Waals surface area contributed by atoms with E-state index < -0.39 is 5.91 Å². The van der Waals surface area contributed by atoms with Gasteiger partial charge in [0.1, 0.15) is 6.21 Å². The van der Waals surface area contributed by atoms with Crippen molar-refractivity contribution in [1.82, 2.24) is 4.59 Å². The molecule has 2 aromatic rings. The third-order valence-electron chi connectivity index (χ3n) is 4.89. The first kappa shape index (κ1) is 17.0. The number of nitrogens with one attached hydrogen (secondary N) is 2. The second kappa shape index (κ2) is 6.21. The molecule has 3 heterocycles. The first-order valence-electron chi connectivity index (χ1n) is 8.93. The minimum Gasteiger partial charge on any atom is -0.366 e. The standard InChI is InChI=1S/C20H15N7O2/c21-19(29)12-2-1-3-15(9-12)27-7-6-22-11-17(27)25-20(26-27)23-14-4-5-16-13(8-14)10-18(28)24-16/h1-9,11H,10H2,(H3-,21,22,23,24,25,26,28,29)/p+1. The maximum absolute atomic E-state index is 11.6. The summed E-state index contributed by atoms with van der Waals surface area (Å²) in [7, 11) is 0. The zero-order chi connectivity index (χ0) is 20.0. The Balaban J connectivity index is 1.52. The van der Waals surface area contributed by atoms with Crippen LogP contribution in [-0.2, 0) is 11.2 Å². The highest BCUT2D eigenvalue weighted by atomic mass is 16.2. The van der Waals surface area contributed by atoms with Crippen LogP contribution >= 0.6 is 0 Å². The predicted octanol–water partition coefficient (Wildman–Crippen LogP) is 1.94. The number of amides is 2. The van der Waals surface area contributed by atoms with Crippen molar-refractivity contribution in [2.24, 2.45) is 20.8 Å². The number of primary amides is 1. The van der Waals surface area contributed by atoms with Gasteiger partial charge in [-0.15, -0.1) is 0 Å². The second-order valence-corrected chi connectivity index (χ2v) is 6.79. The summed E-state index contributed by atoms with van der Waals surface area (Å²) in [5.74, 6) is 0.434. The summed E-state index contributed by atoms with van der Waals surface area (Å²) >= 11 is 0. The van der Waals surface area contributed by atoms with Gasteiger partial charge in [-0.25, -0.2) is 0 Å². The number of rotatable bonds is 3. The van der Waals surface area contributed by atoms with E-state index in [4.69, 9.17) is 10.8 Å². The zero-order valence-corrected chi connectivity index (χ0v) is 15.2. The Bertz CT molecular complexity index is 1200. The number of amidine groups is 1. The fourth-order valence-corrected chi connectivity index (χ4v) is 3.52. The molecule has 0 aromatic heterocycles. The summed E-state index contributed by atoms with van der Waals surface area (Å²) in [6.45, 7) is 0. The third kappa shape index (κ3) is 2.80. The highest BCUT2D eigenvalue weighted by Crippen LogP contribution is 2.32. The lowest BCUT2D eigenvalue weighted by molar-refractivity contribution is -0.115. The summed E-state index contributed by atoms with van der Waals surface area (Å²) in [5.41, 5.74) is 9.04. The van der Waals surface area contributed by atoms with Crippen LogP contribution in [0.5, 0.6) is 0 Å². The number of anilines is 2. The molecule has 4 N–H and O–H groups in total. The summed E-state index contributed by atoms with van der Waals surface area (Å²) < 4.78 is -0.0576. The van der Waals surface area contributed by atoms with E-state index in [0.717, 1.165) is 16.9 Å². The number of carbonyl (C=O) groups excluding carboxylic acids is 2. The molecular weight excluding hydrogens is 370 g/mol. The monoisotopic (exact) mass is 386 g/mol. The molecule has 2 amide bonds. The number of nitrogens with two attached hydrogens (primary N) is 1. The molecule has 0 saturated carbocycles. The van der Waals surface area contributed by atoms with E-state index in [0.29, 0.717) is 29.5 Å². The number of nitrogens with zero attached hydrogens (tertiary/aromatic N) is 4. The number of guanidine groups is 1. The van der Waals surface area contributed by atoms with Gasteiger partial charge in [-0.3, -0.25) is 14.6 Å². The molecule has 0 radical (unpaired) electrons. The van der Waals surface area contributed by atoms with E-state index >= 15 is 0 Å². The van der Waals surface area contributed by atoms with E-state index in [1.165, 1.54) is 0 Å². The van der Waals surface area contributed by atoms with E-state index in [1.807, 2.05) is 24.3 Å². The lowest BCUT2D eigenvalue weighted by Crippen LogP contribution is -2.44. The Hall–Kier alpha value is -4.11. The molecule has 3 aliphatic rings. The molecule has 1 atom stereocenters. The number of benzene rings is 2. The molecule has 0 saturated heterocycles. The highest BCUT2D eigenvalue weighted by Gasteiger charge is 2.43. The molecule has 9 heteroatoms. The first-order chi connectivity index (χ1) is 14.0. The van der Waals surface area contributed by atoms with Gasteiger partial charge in [0.15, 0.2) is 11.9 Å². The van der Waals surface area contributed by atoms with Gasteiger partial charge in [-0.05, 0) is 34.9 Å². The van der Waals surface area contributed by atoms with Crippen LogP contribution in [0.1, 0.15) is 15.9 Å². The fourth-order valence-electron chi connectivity index (χ4n) is 3.52. The number of fused-ring (bicyclic) bond motifs is 2. The molecule has 1 unspecified atom stereocenters. The highest BCUT2D eigenvalue weighted by molar-refractivity contribution is 6.38. The van der Waals surface area contributed by atoms with Crippen molar-refractivity contribution >= 4 is 46.9 Å². The van der Waals surface area contributed by atoms with E-state index in [-0.39, 0.29) is 10.5 Å². The van der Waals surface area contributed by atoms with Gasteiger partial charge in [-0.2, -0.15) is 4.99 Å². The molecule has 29 heavy (non-hydrogen) atoms. The van der Waals surface area contributed by atoms with E-state index in [1.54, 1.807) is 36.8 Å². The van der Waals surface area contributed by atoms with Crippen LogP contribution in [0.15, 0.2) is 70.0 Å². The van der Waals surface area contributed by atoms with Crippen molar-refractivity contribution in [2.75, 3.05) is 10.6 Å². The van der Waals surface area contributed by atoms with Gasteiger partial charge in [0, 0.05) is 29.1 Å². The van der Waals surface area contributed by atoms with Gasteiger partial charge < -0.3 is 16.4 Å². The molecule has 0 bridgehead atoms. The molecule has 9 nitrogen and oxygen atoms in total. The van der Waals surface area contributed by atoms with Crippen LogP contribution < -0.4 is 21.0 Å². The minimum atomic E-state index is -0.513. The molecule has 2 aromatic carbocycles. The van der Waals surface area contributed by atoms with Crippen molar-refractivity contribution in [1.29, 1.82) is 0 Å². The maximum atomic E-state index is 11.6. The molecule has 142 valence electrons. The number of quaternary nitrogens is 1. The summed E-state index contributed by atoms with van der Waals surface area (Å²) in [4.78, 5) is 31.9. The first-order valence-corrected chi connectivity index (χ1v) is 8.93. The lowest BCUT2D eigenvalue weighted by Gasteiger charge is -2.23. The lowest BCUT2D eigenvalue weighted by atomic mass is 10.1. The van der Waals surface area contributed by atoms with E-state index in [2.05, 4.69) is 20.6 Å². The van der Waals surface area contributed by atoms with Crippen LogP contribution in [0, 0.1) is 0 Å². The summed E-state index contributed by atoms with van der Waals surface area (Å²) in [6.07, 6.45) is 5.38. The van der Waals surface area contributed by atoms with Crippen molar-refractivity contribution in [3.63, 3.8) is 0 Å².